The van der Waals surface area contributed by atoms with Crippen LogP contribution in [-0.4, -0.2) is 16.6 Å². The van der Waals surface area contributed by atoms with Gasteiger partial charge in [0.25, 0.3) is 5.56 Å². The summed E-state index contributed by atoms with van der Waals surface area (Å²) < 4.78 is 1.34. The summed E-state index contributed by atoms with van der Waals surface area (Å²) in [5.74, 6) is 0.103. The number of nitrogen functional groups attached to an aromatic ring is 1. The molecule has 0 spiro atoms. The van der Waals surface area contributed by atoms with E-state index in [2.05, 4.69) is 11.1 Å². The monoisotopic (exact) mass is 361 g/mol. The van der Waals surface area contributed by atoms with E-state index in [0.717, 1.165) is 11.1 Å². The van der Waals surface area contributed by atoms with Crippen LogP contribution < -0.4 is 21.9 Å². The Hall–Kier alpha value is -3.79. The molecule has 7 heteroatoms. The molecule has 0 bridgehead atoms. The van der Waals surface area contributed by atoms with E-state index in [4.69, 9.17) is 11.0 Å². The van der Waals surface area contributed by atoms with Crippen molar-refractivity contribution in [3.8, 4) is 6.07 Å². The van der Waals surface area contributed by atoms with Crippen molar-refractivity contribution in [3.63, 3.8) is 0 Å². The predicted molar refractivity (Wildman–Crippen MR) is 105 cm³/mol. The second-order valence-electron chi connectivity index (χ2n) is 6.23. The number of benzene rings is 2. The SMILES string of the molecule is CN(Cc1cccc(C#N)c1)c1c(N)n(Cc2ccccc2)c(=O)[nH]c1=O. The van der Waals surface area contributed by atoms with Crippen molar-refractivity contribution in [2.45, 2.75) is 13.1 Å². The molecule has 0 radical (unpaired) electrons. The molecule has 0 amide bonds. The normalized spacial score (nSPS) is 10.4. The number of aromatic amines is 1. The molecule has 0 fully saturated rings. The van der Waals surface area contributed by atoms with Crippen molar-refractivity contribution >= 4 is 11.5 Å². The van der Waals surface area contributed by atoms with Crippen LogP contribution in [0.25, 0.3) is 0 Å². The zero-order valence-corrected chi connectivity index (χ0v) is 14.8. The smallest absolute Gasteiger partial charge is 0.330 e. The Bertz CT molecular complexity index is 1110. The van der Waals surface area contributed by atoms with Crippen molar-refractivity contribution in [2.75, 3.05) is 17.7 Å². The van der Waals surface area contributed by atoms with Crippen molar-refractivity contribution in [1.29, 1.82) is 5.26 Å². The second-order valence-corrected chi connectivity index (χ2v) is 6.23. The quantitative estimate of drug-likeness (QED) is 0.719. The maximum Gasteiger partial charge on any atom is 0.330 e. The highest BCUT2D eigenvalue weighted by molar-refractivity contribution is 5.62. The van der Waals surface area contributed by atoms with Crippen LogP contribution in [0.1, 0.15) is 16.7 Å². The van der Waals surface area contributed by atoms with E-state index < -0.39 is 11.2 Å². The van der Waals surface area contributed by atoms with Gasteiger partial charge in [-0.2, -0.15) is 5.26 Å². The standard InChI is InChI=1S/C20H19N5O2/c1-24(12-16-9-5-8-15(10-16)11-21)17-18(22)25(20(27)23-19(17)26)13-14-6-3-2-4-7-14/h2-10H,12-13,22H2,1H3,(H,23,26,27). The summed E-state index contributed by atoms with van der Waals surface area (Å²) in [6, 6.07) is 18.6. The summed E-state index contributed by atoms with van der Waals surface area (Å²) >= 11 is 0. The molecule has 0 aliphatic heterocycles. The van der Waals surface area contributed by atoms with Crippen molar-refractivity contribution < 1.29 is 0 Å². The third-order valence-corrected chi connectivity index (χ3v) is 4.26. The number of H-pyrrole nitrogens is 1. The van der Waals surface area contributed by atoms with Gasteiger partial charge >= 0.3 is 5.69 Å². The van der Waals surface area contributed by atoms with Gasteiger partial charge < -0.3 is 10.6 Å². The summed E-state index contributed by atoms with van der Waals surface area (Å²) in [4.78, 5) is 28.6. The van der Waals surface area contributed by atoms with Crippen LogP contribution in [-0.2, 0) is 13.1 Å². The molecule has 0 aliphatic rings. The van der Waals surface area contributed by atoms with E-state index in [9.17, 15) is 9.59 Å². The first-order chi connectivity index (χ1) is 13.0. The molecule has 1 aromatic heterocycles. The van der Waals surface area contributed by atoms with Crippen LogP contribution in [0.4, 0.5) is 11.5 Å². The zero-order valence-electron chi connectivity index (χ0n) is 14.8. The number of nitriles is 1. The average molecular weight is 361 g/mol. The Balaban J connectivity index is 1.97. The minimum Gasteiger partial charge on any atom is -0.383 e. The van der Waals surface area contributed by atoms with E-state index >= 15 is 0 Å². The Kier molecular flexibility index (Phi) is 5.08. The van der Waals surface area contributed by atoms with Crippen LogP contribution >= 0.6 is 0 Å². The summed E-state index contributed by atoms with van der Waals surface area (Å²) in [6.45, 7) is 0.624. The number of nitrogens with zero attached hydrogens (tertiary/aromatic N) is 3. The summed E-state index contributed by atoms with van der Waals surface area (Å²) in [5, 5.41) is 9.03. The molecule has 27 heavy (non-hydrogen) atoms. The first-order valence-corrected chi connectivity index (χ1v) is 8.36. The maximum atomic E-state index is 12.4. The Labute approximate surface area is 155 Å². The van der Waals surface area contributed by atoms with Gasteiger partial charge in [0.15, 0.2) is 0 Å². The fourth-order valence-corrected chi connectivity index (χ4v) is 2.96. The fraction of sp³-hybridized carbons (Fsp3) is 0.150. The lowest BCUT2D eigenvalue weighted by Crippen LogP contribution is -2.37. The van der Waals surface area contributed by atoms with E-state index in [1.54, 1.807) is 30.1 Å². The number of nitrogens with two attached hydrogens (primary N) is 1. The van der Waals surface area contributed by atoms with Crippen molar-refractivity contribution in [3.05, 3.63) is 92.1 Å². The summed E-state index contributed by atoms with van der Waals surface area (Å²) in [7, 11) is 1.72. The molecule has 0 unspecified atom stereocenters. The number of aromatic nitrogens is 2. The molecule has 0 saturated carbocycles. The van der Waals surface area contributed by atoms with E-state index in [1.807, 2.05) is 36.4 Å². The largest absolute Gasteiger partial charge is 0.383 e. The Morgan fingerprint density at radius 3 is 2.52 bits per heavy atom. The van der Waals surface area contributed by atoms with Crippen molar-refractivity contribution in [2.24, 2.45) is 0 Å². The molecule has 0 atom stereocenters. The van der Waals surface area contributed by atoms with Crippen LogP contribution in [0.15, 0.2) is 64.2 Å². The third-order valence-electron chi connectivity index (χ3n) is 4.26. The van der Waals surface area contributed by atoms with Crippen LogP contribution in [0.5, 0.6) is 0 Å². The zero-order chi connectivity index (χ0) is 19.4. The van der Waals surface area contributed by atoms with Crippen LogP contribution in [0.2, 0.25) is 0 Å². The minimum atomic E-state index is -0.551. The molecular weight excluding hydrogens is 342 g/mol. The Morgan fingerprint density at radius 1 is 1.11 bits per heavy atom. The molecule has 3 rings (SSSR count). The number of hydrogen-bond donors (Lipinski definition) is 2. The highest BCUT2D eigenvalue weighted by atomic mass is 16.2. The lowest BCUT2D eigenvalue weighted by atomic mass is 10.1. The predicted octanol–water partition coefficient (Wildman–Crippen LogP) is 1.68. The molecular formula is C20H19N5O2. The number of anilines is 2. The van der Waals surface area contributed by atoms with Gasteiger partial charge in [0.1, 0.15) is 11.5 Å². The molecule has 1 heterocycles. The molecule has 136 valence electrons. The molecule has 7 nitrogen and oxygen atoms in total. The van der Waals surface area contributed by atoms with Gasteiger partial charge in [0, 0.05) is 13.6 Å². The van der Waals surface area contributed by atoms with Gasteiger partial charge in [-0.15, -0.1) is 0 Å². The minimum absolute atomic E-state index is 0.103. The maximum absolute atomic E-state index is 12.4. The molecule has 3 aromatic rings. The average Bonchev–Trinajstić information content (AvgIpc) is 2.66. The third kappa shape index (κ3) is 3.90. The van der Waals surface area contributed by atoms with E-state index in [1.165, 1.54) is 4.57 Å². The molecule has 0 aliphatic carbocycles. The van der Waals surface area contributed by atoms with Gasteiger partial charge in [0.2, 0.25) is 0 Å². The Morgan fingerprint density at radius 2 is 1.81 bits per heavy atom. The molecule has 2 aromatic carbocycles. The second kappa shape index (κ2) is 7.62. The number of nitrogens with one attached hydrogen (secondary N) is 1. The molecule has 0 saturated heterocycles. The van der Waals surface area contributed by atoms with Gasteiger partial charge in [-0.1, -0.05) is 42.5 Å². The van der Waals surface area contributed by atoms with Gasteiger partial charge in [-0.05, 0) is 23.3 Å². The molecule has 3 N–H and O–H groups in total. The first-order valence-electron chi connectivity index (χ1n) is 8.36. The van der Waals surface area contributed by atoms with Crippen molar-refractivity contribution in [1.82, 2.24) is 9.55 Å². The lowest BCUT2D eigenvalue weighted by Gasteiger charge is -2.22. The first kappa shape index (κ1) is 18.0. The number of rotatable bonds is 5. The highest BCUT2D eigenvalue weighted by Crippen LogP contribution is 2.18. The van der Waals surface area contributed by atoms with Crippen LogP contribution in [0, 0.1) is 11.3 Å². The van der Waals surface area contributed by atoms with Gasteiger partial charge in [0.05, 0.1) is 18.2 Å². The summed E-state index contributed by atoms with van der Waals surface area (Å²) in [6.07, 6.45) is 0. The number of hydrogen-bond acceptors (Lipinski definition) is 5. The topological polar surface area (TPSA) is 108 Å². The van der Waals surface area contributed by atoms with E-state index in [0.29, 0.717) is 12.1 Å². The van der Waals surface area contributed by atoms with Gasteiger partial charge in [-0.25, -0.2) is 4.79 Å². The highest BCUT2D eigenvalue weighted by Gasteiger charge is 2.16. The van der Waals surface area contributed by atoms with Gasteiger partial charge in [-0.3, -0.25) is 14.3 Å². The fourth-order valence-electron chi connectivity index (χ4n) is 2.96. The van der Waals surface area contributed by atoms with Crippen LogP contribution in [0.3, 0.4) is 0 Å². The summed E-state index contributed by atoms with van der Waals surface area (Å²) in [5.41, 5.74) is 7.61. The lowest BCUT2D eigenvalue weighted by molar-refractivity contribution is 0.725. The van der Waals surface area contributed by atoms with E-state index in [-0.39, 0.29) is 18.1 Å².